The summed E-state index contributed by atoms with van der Waals surface area (Å²) in [6.07, 6.45) is 1.59. The van der Waals surface area contributed by atoms with Gasteiger partial charge in [-0.15, -0.1) is 5.10 Å². The fourth-order valence-corrected chi connectivity index (χ4v) is 3.16. The van der Waals surface area contributed by atoms with Crippen LogP contribution in [0.3, 0.4) is 0 Å². The van der Waals surface area contributed by atoms with Crippen LogP contribution in [0.2, 0.25) is 0 Å². The monoisotopic (exact) mass is 372 g/mol. The maximum Gasteiger partial charge on any atom is 0.322 e. The zero-order chi connectivity index (χ0) is 18.7. The molecule has 0 aliphatic carbocycles. The van der Waals surface area contributed by atoms with Gasteiger partial charge in [-0.1, -0.05) is 11.2 Å². The van der Waals surface area contributed by atoms with Crippen LogP contribution >= 0.6 is 0 Å². The maximum absolute atomic E-state index is 12.3. The van der Waals surface area contributed by atoms with Crippen LogP contribution in [0.5, 0.6) is 0 Å². The quantitative estimate of drug-likeness (QED) is 0.732. The van der Waals surface area contributed by atoms with Crippen molar-refractivity contribution in [3.05, 3.63) is 54.2 Å². The number of hydrogen-bond acceptors (Lipinski definition) is 7. The van der Waals surface area contributed by atoms with Gasteiger partial charge in [0.2, 0.25) is 0 Å². The molecule has 0 saturated heterocycles. The minimum atomic E-state index is -3.39. The smallest absolute Gasteiger partial charge is 0.322 e. The third-order valence-corrected chi connectivity index (χ3v) is 5.77. The average Bonchev–Trinajstić information content (AvgIpc) is 3.11. The summed E-state index contributed by atoms with van der Waals surface area (Å²) in [7, 11) is -3.39. The molecule has 0 fully saturated rings. The van der Waals surface area contributed by atoms with Gasteiger partial charge >= 0.3 is 6.01 Å². The van der Waals surface area contributed by atoms with E-state index in [1.54, 1.807) is 38.2 Å². The number of amides is 1. The van der Waals surface area contributed by atoms with Crippen LogP contribution < -0.4 is 5.32 Å². The fraction of sp³-hybridized carbons (Fsp3) is 0.176. The lowest BCUT2D eigenvalue weighted by Gasteiger charge is -2.08. The molecule has 0 radical (unpaired) electrons. The Bertz CT molecular complexity index is 1010. The third-order valence-electron chi connectivity index (χ3n) is 3.60. The van der Waals surface area contributed by atoms with E-state index < -0.39 is 21.0 Å². The van der Waals surface area contributed by atoms with Crippen molar-refractivity contribution >= 4 is 21.8 Å². The zero-order valence-electron chi connectivity index (χ0n) is 14.1. The summed E-state index contributed by atoms with van der Waals surface area (Å²) < 4.78 is 29.6. The molecule has 3 rings (SSSR count). The van der Waals surface area contributed by atoms with E-state index in [4.69, 9.17) is 4.42 Å². The Morgan fingerprint density at radius 2 is 1.81 bits per heavy atom. The van der Waals surface area contributed by atoms with Crippen LogP contribution in [0.1, 0.15) is 24.2 Å². The molecule has 1 amide bonds. The Morgan fingerprint density at radius 1 is 1.08 bits per heavy atom. The number of carbonyl (C=O) groups is 1. The summed E-state index contributed by atoms with van der Waals surface area (Å²) in [4.78, 5) is 16.5. The van der Waals surface area contributed by atoms with Gasteiger partial charge in [-0.05, 0) is 50.2 Å². The van der Waals surface area contributed by atoms with Crippen molar-refractivity contribution < 1.29 is 17.6 Å². The predicted molar refractivity (Wildman–Crippen MR) is 94.2 cm³/mol. The first kappa shape index (κ1) is 17.7. The van der Waals surface area contributed by atoms with Crippen LogP contribution in [0.15, 0.2) is 58.0 Å². The van der Waals surface area contributed by atoms with Crippen molar-refractivity contribution in [3.8, 4) is 11.6 Å². The van der Waals surface area contributed by atoms with Gasteiger partial charge in [0.25, 0.3) is 11.8 Å². The SMILES string of the molecule is CC(C)S(=O)(=O)c1ccc(C(=O)Nc2nnc(-c3ccccn3)o2)cc1. The van der Waals surface area contributed by atoms with Gasteiger partial charge in [-0.2, -0.15) is 0 Å². The van der Waals surface area contributed by atoms with Crippen LogP contribution in [0, 0.1) is 0 Å². The molecule has 0 aliphatic heterocycles. The van der Waals surface area contributed by atoms with Crippen LogP contribution in [-0.2, 0) is 9.84 Å². The highest BCUT2D eigenvalue weighted by atomic mass is 32.2. The Labute approximate surface area is 150 Å². The largest absolute Gasteiger partial charge is 0.401 e. The minimum Gasteiger partial charge on any atom is -0.401 e. The summed E-state index contributed by atoms with van der Waals surface area (Å²) in [5.41, 5.74) is 0.758. The molecule has 1 aromatic carbocycles. The van der Waals surface area contributed by atoms with E-state index in [1.807, 2.05) is 0 Å². The number of sulfone groups is 1. The summed E-state index contributed by atoms with van der Waals surface area (Å²) in [5, 5.41) is 9.52. The van der Waals surface area contributed by atoms with Gasteiger partial charge in [-0.3, -0.25) is 15.1 Å². The van der Waals surface area contributed by atoms with Gasteiger partial charge < -0.3 is 4.42 Å². The Balaban J connectivity index is 1.74. The van der Waals surface area contributed by atoms with Crippen molar-refractivity contribution in [2.75, 3.05) is 5.32 Å². The molecule has 2 heterocycles. The van der Waals surface area contributed by atoms with Crippen molar-refractivity contribution in [1.82, 2.24) is 15.2 Å². The minimum absolute atomic E-state index is 0.0745. The number of pyridine rings is 1. The number of benzene rings is 1. The molecule has 26 heavy (non-hydrogen) atoms. The number of rotatable bonds is 5. The van der Waals surface area contributed by atoms with Gasteiger partial charge in [0.05, 0.1) is 10.1 Å². The Hall–Kier alpha value is -3.07. The van der Waals surface area contributed by atoms with Gasteiger partial charge in [0.15, 0.2) is 9.84 Å². The van der Waals surface area contributed by atoms with Gasteiger partial charge in [-0.25, -0.2) is 8.42 Å². The third kappa shape index (κ3) is 3.62. The molecule has 0 saturated carbocycles. The molecule has 0 aliphatic rings. The normalized spacial score (nSPS) is 11.5. The lowest BCUT2D eigenvalue weighted by atomic mass is 10.2. The summed E-state index contributed by atoms with van der Waals surface area (Å²) in [6, 6.07) is 10.8. The molecular formula is C17H16N4O4S. The summed E-state index contributed by atoms with van der Waals surface area (Å²) in [6.45, 7) is 3.20. The molecule has 0 spiro atoms. The number of anilines is 1. The Morgan fingerprint density at radius 3 is 2.42 bits per heavy atom. The highest BCUT2D eigenvalue weighted by Gasteiger charge is 2.20. The number of carbonyl (C=O) groups excluding carboxylic acids is 1. The molecule has 8 nitrogen and oxygen atoms in total. The lowest BCUT2D eigenvalue weighted by molar-refractivity contribution is 0.102. The molecule has 2 aromatic heterocycles. The van der Waals surface area contributed by atoms with E-state index >= 15 is 0 Å². The predicted octanol–water partition coefficient (Wildman–Crippen LogP) is 2.57. The second-order valence-electron chi connectivity index (χ2n) is 5.70. The van der Waals surface area contributed by atoms with Gasteiger partial charge in [0, 0.05) is 11.8 Å². The summed E-state index contributed by atoms with van der Waals surface area (Å²) >= 11 is 0. The number of hydrogen-bond donors (Lipinski definition) is 1. The first-order valence-electron chi connectivity index (χ1n) is 7.78. The van der Waals surface area contributed by atoms with Crippen LogP contribution in [-0.4, -0.2) is 34.8 Å². The highest BCUT2D eigenvalue weighted by Crippen LogP contribution is 2.19. The average molecular weight is 372 g/mol. The van der Waals surface area contributed by atoms with Crippen LogP contribution in [0.25, 0.3) is 11.6 Å². The first-order chi connectivity index (χ1) is 12.4. The number of aromatic nitrogens is 3. The van der Waals surface area contributed by atoms with Crippen molar-refractivity contribution in [3.63, 3.8) is 0 Å². The van der Waals surface area contributed by atoms with Gasteiger partial charge in [0.1, 0.15) is 5.69 Å². The topological polar surface area (TPSA) is 115 Å². The number of nitrogens with zero attached hydrogens (tertiary/aromatic N) is 3. The molecule has 134 valence electrons. The van der Waals surface area contributed by atoms with E-state index in [0.29, 0.717) is 5.69 Å². The highest BCUT2D eigenvalue weighted by molar-refractivity contribution is 7.92. The molecule has 9 heteroatoms. The van der Waals surface area contributed by atoms with E-state index in [0.717, 1.165) is 0 Å². The van der Waals surface area contributed by atoms with E-state index in [1.165, 1.54) is 24.3 Å². The molecule has 0 atom stereocenters. The maximum atomic E-state index is 12.3. The van der Waals surface area contributed by atoms with Crippen molar-refractivity contribution in [1.29, 1.82) is 0 Å². The van der Waals surface area contributed by atoms with E-state index in [-0.39, 0.29) is 22.4 Å². The molecule has 1 N–H and O–H groups in total. The fourth-order valence-electron chi connectivity index (χ4n) is 2.10. The van der Waals surface area contributed by atoms with Crippen molar-refractivity contribution in [2.45, 2.75) is 24.0 Å². The second kappa shape index (κ2) is 7.04. The standard InChI is InChI=1S/C17H16N4O4S/c1-11(2)26(23,24)13-8-6-12(7-9-13)15(22)19-17-21-20-16(25-17)14-5-3-4-10-18-14/h3-11H,1-2H3,(H,19,21,22). The molecule has 0 bridgehead atoms. The summed E-state index contributed by atoms with van der Waals surface area (Å²) in [5.74, 6) is -0.311. The lowest BCUT2D eigenvalue weighted by Crippen LogP contribution is -2.15. The number of nitrogens with one attached hydrogen (secondary N) is 1. The van der Waals surface area contributed by atoms with Crippen LogP contribution in [0.4, 0.5) is 6.01 Å². The first-order valence-corrected chi connectivity index (χ1v) is 9.33. The van der Waals surface area contributed by atoms with E-state index in [9.17, 15) is 13.2 Å². The zero-order valence-corrected chi connectivity index (χ0v) is 14.9. The second-order valence-corrected chi connectivity index (χ2v) is 8.20. The Kier molecular flexibility index (Phi) is 4.81. The molecule has 0 unspecified atom stereocenters. The molecule has 3 aromatic rings. The molecular weight excluding hydrogens is 356 g/mol. The van der Waals surface area contributed by atoms with Crippen molar-refractivity contribution in [2.24, 2.45) is 0 Å². The van der Waals surface area contributed by atoms with E-state index in [2.05, 4.69) is 20.5 Å².